The predicted octanol–water partition coefficient (Wildman–Crippen LogP) is 4.23. The highest BCUT2D eigenvalue weighted by atomic mass is 32.2. The number of imidazole rings is 1. The van der Waals surface area contributed by atoms with Gasteiger partial charge in [0.05, 0.1) is 17.9 Å². The van der Waals surface area contributed by atoms with Crippen LogP contribution in [0.2, 0.25) is 0 Å². The molecule has 178 valence electrons. The van der Waals surface area contributed by atoms with Crippen molar-refractivity contribution in [2.24, 2.45) is 5.92 Å². The maximum Gasteiger partial charge on any atom is 0.125 e. The van der Waals surface area contributed by atoms with Crippen molar-refractivity contribution in [3.63, 3.8) is 0 Å². The van der Waals surface area contributed by atoms with Crippen LogP contribution in [0, 0.1) is 5.92 Å². The molecule has 4 unspecified atom stereocenters. The molecule has 1 saturated heterocycles. The largest absolute Gasteiger partial charge is 0.508 e. The number of hydrogen-bond acceptors (Lipinski definition) is 6. The summed E-state index contributed by atoms with van der Waals surface area (Å²) < 4.78 is 0. The van der Waals surface area contributed by atoms with Crippen LogP contribution in [0.3, 0.4) is 0 Å². The molecule has 2 aromatic rings. The van der Waals surface area contributed by atoms with Gasteiger partial charge in [-0.1, -0.05) is 19.1 Å². The highest BCUT2D eigenvalue weighted by Crippen LogP contribution is 2.44. The van der Waals surface area contributed by atoms with E-state index in [1.54, 1.807) is 0 Å². The standard InChI is InChI=1S/C26H37N5OS/c1-3-17-14-20(32)5-7-21(17)19-4-6-22-23(15-19)29-30-25(22)26-27-16-24(28-26)18-8-10-31(11-9-18)12-13-33-2/h5,7-8,14,16,19,22-23,25,29-30,32H,3-4,6,9-13,15H2,1-2H3,(H,27,28). The zero-order chi connectivity index (χ0) is 22.8. The summed E-state index contributed by atoms with van der Waals surface area (Å²) in [5.74, 6) is 3.73. The molecule has 0 amide bonds. The Morgan fingerprint density at radius 1 is 1.24 bits per heavy atom. The molecule has 4 atom stereocenters. The molecule has 3 aliphatic rings. The van der Waals surface area contributed by atoms with Crippen LogP contribution in [0.25, 0.3) is 5.57 Å². The number of benzene rings is 1. The Bertz CT molecular complexity index is 989. The van der Waals surface area contributed by atoms with Crippen molar-refractivity contribution in [3.8, 4) is 5.75 Å². The topological polar surface area (TPSA) is 76.2 Å². The fraction of sp³-hybridized carbons (Fsp3) is 0.577. The van der Waals surface area contributed by atoms with E-state index in [0.29, 0.717) is 23.6 Å². The number of thioether (sulfide) groups is 1. The molecule has 33 heavy (non-hydrogen) atoms. The number of H-pyrrole nitrogens is 1. The molecule has 4 N–H and O–H groups in total. The molecule has 1 aromatic heterocycles. The molecule has 0 radical (unpaired) electrons. The first-order valence-electron chi connectivity index (χ1n) is 12.4. The molecule has 2 fully saturated rings. The van der Waals surface area contributed by atoms with Crippen molar-refractivity contribution < 1.29 is 5.11 Å². The van der Waals surface area contributed by atoms with Gasteiger partial charge in [-0.3, -0.25) is 10.3 Å². The van der Waals surface area contributed by atoms with Gasteiger partial charge in [0.2, 0.25) is 0 Å². The number of hydrogen-bond donors (Lipinski definition) is 4. The van der Waals surface area contributed by atoms with Gasteiger partial charge in [0, 0.05) is 31.4 Å². The van der Waals surface area contributed by atoms with Gasteiger partial charge >= 0.3 is 0 Å². The lowest BCUT2D eigenvalue weighted by Gasteiger charge is -2.33. The lowest BCUT2D eigenvalue weighted by atomic mass is 9.73. The minimum Gasteiger partial charge on any atom is -0.508 e. The molecule has 6 nitrogen and oxygen atoms in total. The highest BCUT2D eigenvalue weighted by Gasteiger charge is 2.42. The van der Waals surface area contributed by atoms with Crippen LogP contribution in [0.4, 0.5) is 0 Å². The van der Waals surface area contributed by atoms with E-state index in [4.69, 9.17) is 4.98 Å². The van der Waals surface area contributed by atoms with E-state index in [1.807, 2.05) is 30.1 Å². The molecule has 1 aromatic carbocycles. The van der Waals surface area contributed by atoms with Gasteiger partial charge in [-0.2, -0.15) is 11.8 Å². The Labute approximate surface area is 201 Å². The molecule has 5 rings (SSSR count). The molecular weight excluding hydrogens is 430 g/mol. The van der Waals surface area contributed by atoms with Crippen LogP contribution in [-0.4, -0.2) is 57.7 Å². The number of aryl methyl sites for hydroxylation is 1. The number of aromatic hydroxyl groups is 1. The number of fused-ring (bicyclic) bond motifs is 1. The van der Waals surface area contributed by atoms with Gasteiger partial charge in [-0.25, -0.2) is 10.4 Å². The molecular formula is C26H37N5OS. The fourth-order valence-electron chi connectivity index (χ4n) is 5.95. The average molecular weight is 468 g/mol. The Kier molecular flexibility index (Phi) is 7.11. The lowest BCUT2D eigenvalue weighted by molar-refractivity contribution is 0.276. The summed E-state index contributed by atoms with van der Waals surface area (Å²) in [6, 6.07) is 6.60. The van der Waals surface area contributed by atoms with Crippen LogP contribution >= 0.6 is 11.8 Å². The van der Waals surface area contributed by atoms with Gasteiger partial charge in [0.15, 0.2) is 0 Å². The van der Waals surface area contributed by atoms with Crippen molar-refractivity contribution in [1.82, 2.24) is 25.7 Å². The number of phenols is 1. The molecule has 3 heterocycles. The van der Waals surface area contributed by atoms with Crippen molar-refractivity contribution >= 4 is 17.3 Å². The minimum absolute atomic E-state index is 0.234. The summed E-state index contributed by atoms with van der Waals surface area (Å²) in [5.41, 5.74) is 12.4. The number of aromatic amines is 1. The second-order valence-electron chi connectivity index (χ2n) is 9.74. The van der Waals surface area contributed by atoms with Crippen LogP contribution in [0.5, 0.6) is 5.75 Å². The number of phenolic OH excluding ortho intramolecular Hbond substituents is 1. The zero-order valence-corrected chi connectivity index (χ0v) is 20.6. The van der Waals surface area contributed by atoms with Gasteiger partial charge in [0.25, 0.3) is 0 Å². The van der Waals surface area contributed by atoms with Crippen molar-refractivity contribution in [2.45, 2.75) is 57.0 Å². The lowest BCUT2D eigenvalue weighted by Crippen LogP contribution is -2.35. The predicted molar refractivity (Wildman–Crippen MR) is 136 cm³/mol. The average Bonchev–Trinajstić information content (AvgIpc) is 3.49. The minimum atomic E-state index is 0.234. The van der Waals surface area contributed by atoms with E-state index in [9.17, 15) is 5.11 Å². The third kappa shape index (κ3) is 4.87. The quantitative estimate of drug-likeness (QED) is 0.488. The van der Waals surface area contributed by atoms with Crippen molar-refractivity contribution in [2.75, 3.05) is 31.6 Å². The van der Waals surface area contributed by atoms with Gasteiger partial charge < -0.3 is 10.1 Å². The highest BCUT2D eigenvalue weighted by molar-refractivity contribution is 7.98. The first kappa shape index (κ1) is 23.0. The molecule has 7 heteroatoms. The normalized spacial score (nSPS) is 28.0. The zero-order valence-electron chi connectivity index (χ0n) is 19.8. The molecule has 1 aliphatic carbocycles. The monoisotopic (exact) mass is 467 g/mol. The molecule has 2 aliphatic heterocycles. The Morgan fingerprint density at radius 2 is 2.15 bits per heavy atom. The first-order valence-corrected chi connectivity index (χ1v) is 13.8. The van der Waals surface area contributed by atoms with E-state index >= 15 is 0 Å². The van der Waals surface area contributed by atoms with E-state index in [1.165, 1.54) is 47.5 Å². The third-order valence-corrected chi connectivity index (χ3v) is 8.44. The number of rotatable bonds is 7. The third-order valence-electron chi connectivity index (χ3n) is 7.84. The Hall–Kier alpha value is -1.80. The maximum atomic E-state index is 9.88. The summed E-state index contributed by atoms with van der Waals surface area (Å²) in [6.45, 7) is 5.52. The van der Waals surface area contributed by atoms with Crippen LogP contribution in [0.1, 0.15) is 67.2 Å². The van der Waals surface area contributed by atoms with Crippen LogP contribution in [0.15, 0.2) is 30.5 Å². The second kappa shape index (κ2) is 10.2. The number of aromatic nitrogens is 2. The maximum absolute atomic E-state index is 9.88. The number of nitrogens with one attached hydrogen (secondary N) is 3. The smallest absolute Gasteiger partial charge is 0.125 e. The summed E-state index contributed by atoms with van der Waals surface area (Å²) in [7, 11) is 0. The summed E-state index contributed by atoms with van der Waals surface area (Å²) in [4.78, 5) is 11.0. The Balaban J connectivity index is 1.23. The van der Waals surface area contributed by atoms with Gasteiger partial charge in [-0.15, -0.1) is 0 Å². The summed E-state index contributed by atoms with van der Waals surface area (Å²) in [6.07, 6.45) is 12.1. The summed E-state index contributed by atoms with van der Waals surface area (Å²) >= 11 is 1.92. The number of hydrazine groups is 1. The second-order valence-corrected chi connectivity index (χ2v) is 10.7. The molecule has 0 bridgehead atoms. The fourth-order valence-corrected chi connectivity index (χ4v) is 6.39. The van der Waals surface area contributed by atoms with Crippen LogP contribution < -0.4 is 10.9 Å². The van der Waals surface area contributed by atoms with Crippen molar-refractivity contribution in [1.29, 1.82) is 0 Å². The van der Waals surface area contributed by atoms with E-state index in [0.717, 1.165) is 38.2 Å². The Morgan fingerprint density at radius 3 is 2.94 bits per heavy atom. The van der Waals surface area contributed by atoms with Gasteiger partial charge in [-0.05, 0) is 79.0 Å². The van der Waals surface area contributed by atoms with E-state index < -0.39 is 0 Å². The molecule has 0 spiro atoms. The van der Waals surface area contributed by atoms with Gasteiger partial charge in [0.1, 0.15) is 11.6 Å². The van der Waals surface area contributed by atoms with Crippen molar-refractivity contribution in [3.05, 3.63) is 53.1 Å². The van der Waals surface area contributed by atoms with E-state index in [2.05, 4.69) is 46.1 Å². The first-order chi connectivity index (χ1) is 16.2. The van der Waals surface area contributed by atoms with E-state index in [-0.39, 0.29) is 6.04 Å². The summed E-state index contributed by atoms with van der Waals surface area (Å²) in [5, 5.41) is 9.88. The SMILES string of the molecule is CCc1cc(O)ccc1C1CCC2C(C1)NNC2c1ncc(C2=CCN(CCSC)CC2)[nH]1. The number of nitrogens with zero attached hydrogens (tertiary/aromatic N) is 2. The van der Waals surface area contributed by atoms with Crippen LogP contribution in [-0.2, 0) is 6.42 Å². The molecule has 1 saturated carbocycles.